The molecule has 2 nitrogen and oxygen atoms in total. The number of halogens is 1. The first-order valence-corrected chi connectivity index (χ1v) is 5.92. The van der Waals surface area contributed by atoms with Gasteiger partial charge in [0.05, 0.1) is 6.10 Å². The lowest BCUT2D eigenvalue weighted by atomic mass is 10.1. The van der Waals surface area contributed by atoms with Gasteiger partial charge in [0.1, 0.15) is 0 Å². The van der Waals surface area contributed by atoms with Crippen molar-refractivity contribution in [3.8, 4) is 0 Å². The third-order valence-electron chi connectivity index (χ3n) is 3.07. The second kappa shape index (κ2) is 3.76. The van der Waals surface area contributed by atoms with Gasteiger partial charge in [-0.05, 0) is 36.8 Å². The largest absolute Gasteiger partial charge is 0.389 e. The minimum Gasteiger partial charge on any atom is -0.389 e. The lowest BCUT2D eigenvalue weighted by Gasteiger charge is -2.03. The zero-order valence-electron chi connectivity index (χ0n) is 9.37. The molecule has 3 rings (SSSR count). The highest BCUT2D eigenvalue weighted by Crippen LogP contribution is 2.29. The fraction of sp³-hybridized carbons (Fsp3) is 0.143. The summed E-state index contributed by atoms with van der Waals surface area (Å²) in [4.78, 5) is 3.33. The van der Waals surface area contributed by atoms with Gasteiger partial charge in [-0.25, -0.2) is 0 Å². The van der Waals surface area contributed by atoms with E-state index in [2.05, 4.69) is 4.98 Å². The van der Waals surface area contributed by atoms with Crippen LogP contribution in [-0.2, 0) is 0 Å². The molecule has 0 radical (unpaired) electrons. The van der Waals surface area contributed by atoms with E-state index < -0.39 is 6.10 Å². The molecule has 2 N–H and O–H groups in total. The molecule has 3 aromatic rings. The van der Waals surface area contributed by atoms with Gasteiger partial charge in [-0.2, -0.15) is 0 Å². The summed E-state index contributed by atoms with van der Waals surface area (Å²) >= 11 is 6.00. The number of aliphatic hydroxyl groups is 1. The second-order valence-electron chi connectivity index (χ2n) is 4.30. The van der Waals surface area contributed by atoms with Crippen molar-refractivity contribution < 1.29 is 5.11 Å². The van der Waals surface area contributed by atoms with Crippen LogP contribution in [0.1, 0.15) is 18.6 Å². The highest BCUT2D eigenvalue weighted by molar-refractivity contribution is 6.31. The summed E-state index contributed by atoms with van der Waals surface area (Å²) in [6.07, 6.45) is -0.450. The van der Waals surface area contributed by atoms with Crippen LogP contribution < -0.4 is 0 Å². The Morgan fingerprint density at radius 3 is 2.65 bits per heavy atom. The quantitative estimate of drug-likeness (QED) is 0.667. The molecule has 0 amide bonds. The SMILES string of the molecule is CC(O)c1ccc2c(c1)[nH]c1ccc(Cl)cc12. The number of benzene rings is 2. The minimum atomic E-state index is -0.450. The third kappa shape index (κ3) is 1.70. The summed E-state index contributed by atoms with van der Waals surface area (Å²) in [5, 5.41) is 12.5. The summed E-state index contributed by atoms with van der Waals surface area (Å²) in [5.41, 5.74) is 3.00. The van der Waals surface area contributed by atoms with Crippen molar-refractivity contribution in [2.45, 2.75) is 13.0 Å². The molecule has 0 aliphatic heterocycles. The molecule has 0 saturated heterocycles. The number of hydrogen-bond acceptors (Lipinski definition) is 1. The van der Waals surface area contributed by atoms with Gasteiger partial charge in [-0.15, -0.1) is 0 Å². The predicted octanol–water partition coefficient (Wildman–Crippen LogP) is 4.03. The Balaban J connectivity index is 2.36. The van der Waals surface area contributed by atoms with Gasteiger partial charge in [0, 0.05) is 26.8 Å². The summed E-state index contributed by atoms with van der Waals surface area (Å²) in [5.74, 6) is 0. The fourth-order valence-corrected chi connectivity index (χ4v) is 2.33. The molecule has 1 heterocycles. The standard InChI is InChI=1S/C14H12ClNO/c1-8(17)9-2-4-11-12-7-10(15)3-5-13(12)16-14(11)6-9/h2-8,16-17H,1H3. The zero-order chi connectivity index (χ0) is 12.0. The highest BCUT2D eigenvalue weighted by Gasteiger charge is 2.07. The molecule has 0 aliphatic rings. The first-order chi connectivity index (χ1) is 8.15. The van der Waals surface area contributed by atoms with Crippen LogP contribution in [0.4, 0.5) is 0 Å². The van der Waals surface area contributed by atoms with Gasteiger partial charge in [0.25, 0.3) is 0 Å². The lowest BCUT2D eigenvalue weighted by molar-refractivity contribution is 0.199. The van der Waals surface area contributed by atoms with Crippen LogP contribution in [0.25, 0.3) is 21.8 Å². The van der Waals surface area contributed by atoms with E-state index in [0.29, 0.717) is 0 Å². The Kier molecular flexibility index (Phi) is 2.35. The maximum atomic E-state index is 9.57. The molecule has 3 heteroatoms. The van der Waals surface area contributed by atoms with Crippen LogP contribution >= 0.6 is 11.6 Å². The van der Waals surface area contributed by atoms with Crippen molar-refractivity contribution in [3.63, 3.8) is 0 Å². The maximum Gasteiger partial charge on any atom is 0.0762 e. The van der Waals surface area contributed by atoms with Crippen LogP contribution in [0.2, 0.25) is 5.02 Å². The Bertz CT molecular complexity index is 700. The van der Waals surface area contributed by atoms with Crippen LogP contribution in [0.5, 0.6) is 0 Å². The molecule has 17 heavy (non-hydrogen) atoms. The zero-order valence-corrected chi connectivity index (χ0v) is 10.1. The monoisotopic (exact) mass is 245 g/mol. The summed E-state index contributed by atoms with van der Waals surface area (Å²) in [6, 6.07) is 11.7. The Morgan fingerprint density at radius 2 is 1.88 bits per heavy atom. The molecule has 86 valence electrons. The van der Waals surface area contributed by atoms with Gasteiger partial charge in [0.2, 0.25) is 0 Å². The topological polar surface area (TPSA) is 36.0 Å². The van der Waals surface area contributed by atoms with Gasteiger partial charge in [-0.3, -0.25) is 0 Å². The number of nitrogens with one attached hydrogen (secondary N) is 1. The number of aromatic nitrogens is 1. The molecular formula is C14H12ClNO. The van der Waals surface area contributed by atoms with Gasteiger partial charge >= 0.3 is 0 Å². The Labute approximate surface area is 104 Å². The Hall–Kier alpha value is -1.51. The highest BCUT2D eigenvalue weighted by atomic mass is 35.5. The maximum absolute atomic E-state index is 9.57. The van der Waals surface area contributed by atoms with E-state index in [0.717, 1.165) is 32.4 Å². The van der Waals surface area contributed by atoms with Crippen molar-refractivity contribution in [3.05, 3.63) is 47.0 Å². The smallest absolute Gasteiger partial charge is 0.0762 e. The third-order valence-corrected chi connectivity index (χ3v) is 3.30. The molecule has 1 unspecified atom stereocenters. The molecule has 0 saturated carbocycles. The van der Waals surface area contributed by atoms with E-state index in [1.165, 1.54) is 0 Å². The number of rotatable bonds is 1. The number of hydrogen-bond donors (Lipinski definition) is 2. The molecule has 0 bridgehead atoms. The average Bonchev–Trinajstić information content (AvgIpc) is 2.66. The van der Waals surface area contributed by atoms with Gasteiger partial charge in [0.15, 0.2) is 0 Å². The van der Waals surface area contributed by atoms with Gasteiger partial charge < -0.3 is 10.1 Å². The van der Waals surface area contributed by atoms with Crippen LogP contribution in [0, 0.1) is 0 Å². The molecule has 0 spiro atoms. The van der Waals surface area contributed by atoms with E-state index in [1.54, 1.807) is 6.92 Å². The molecule has 0 aliphatic carbocycles. The normalized spacial score (nSPS) is 13.4. The second-order valence-corrected chi connectivity index (χ2v) is 4.73. The van der Waals surface area contributed by atoms with Crippen LogP contribution in [0.15, 0.2) is 36.4 Å². The van der Waals surface area contributed by atoms with Crippen LogP contribution in [-0.4, -0.2) is 10.1 Å². The summed E-state index contributed by atoms with van der Waals surface area (Å²) in [7, 11) is 0. The van der Waals surface area contributed by atoms with Crippen molar-refractivity contribution in [2.24, 2.45) is 0 Å². The average molecular weight is 246 g/mol. The van der Waals surface area contributed by atoms with Crippen LogP contribution in [0.3, 0.4) is 0 Å². The Morgan fingerprint density at radius 1 is 1.06 bits per heavy atom. The van der Waals surface area contributed by atoms with Crippen molar-refractivity contribution in [1.29, 1.82) is 0 Å². The first-order valence-electron chi connectivity index (χ1n) is 5.54. The molecule has 0 fully saturated rings. The molecular weight excluding hydrogens is 234 g/mol. The minimum absolute atomic E-state index is 0.450. The summed E-state index contributed by atoms with van der Waals surface area (Å²) in [6.45, 7) is 1.76. The number of aliphatic hydroxyl groups excluding tert-OH is 1. The van der Waals surface area contributed by atoms with Crippen molar-refractivity contribution in [1.82, 2.24) is 4.98 Å². The lowest BCUT2D eigenvalue weighted by Crippen LogP contribution is -1.89. The van der Waals surface area contributed by atoms with E-state index in [-0.39, 0.29) is 0 Å². The fourth-order valence-electron chi connectivity index (χ4n) is 2.15. The summed E-state index contributed by atoms with van der Waals surface area (Å²) < 4.78 is 0. The van der Waals surface area contributed by atoms with Gasteiger partial charge in [-0.1, -0.05) is 23.7 Å². The molecule has 1 aromatic heterocycles. The predicted molar refractivity (Wildman–Crippen MR) is 71.4 cm³/mol. The number of fused-ring (bicyclic) bond motifs is 3. The van der Waals surface area contributed by atoms with Crippen molar-refractivity contribution in [2.75, 3.05) is 0 Å². The number of aromatic amines is 1. The van der Waals surface area contributed by atoms with E-state index >= 15 is 0 Å². The number of H-pyrrole nitrogens is 1. The molecule has 2 aromatic carbocycles. The van der Waals surface area contributed by atoms with E-state index in [9.17, 15) is 5.11 Å². The van der Waals surface area contributed by atoms with E-state index in [1.807, 2.05) is 36.4 Å². The van der Waals surface area contributed by atoms with E-state index in [4.69, 9.17) is 11.6 Å². The first kappa shape index (κ1) is 10.6. The van der Waals surface area contributed by atoms with Crippen molar-refractivity contribution >= 4 is 33.4 Å². The molecule has 1 atom stereocenters.